The maximum Gasteiger partial charge on any atom is 0.237 e. The van der Waals surface area contributed by atoms with E-state index in [1.165, 1.54) is 22.9 Å². The van der Waals surface area contributed by atoms with Gasteiger partial charge in [0.15, 0.2) is 5.16 Å². The normalized spacial score (nSPS) is 12.0. The van der Waals surface area contributed by atoms with E-state index in [1.807, 2.05) is 49.7 Å². The molecule has 0 aliphatic rings. The predicted molar refractivity (Wildman–Crippen MR) is 113 cm³/mol. The number of amides is 1. The van der Waals surface area contributed by atoms with E-state index in [0.717, 1.165) is 27.7 Å². The molecular weight excluding hydrogens is 354 g/mol. The molecule has 0 spiro atoms. The van der Waals surface area contributed by atoms with Gasteiger partial charge in [-0.25, -0.2) is 4.98 Å². The van der Waals surface area contributed by atoms with E-state index in [1.54, 1.807) is 6.20 Å². The summed E-state index contributed by atoms with van der Waals surface area (Å²) in [4.78, 5) is 17.2. The molecule has 5 heteroatoms. The molecule has 27 heavy (non-hydrogen) atoms. The van der Waals surface area contributed by atoms with Crippen molar-refractivity contribution in [1.82, 2.24) is 9.55 Å². The first-order chi connectivity index (χ1) is 12.8. The highest BCUT2D eigenvalue weighted by atomic mass is 32.2. The Bertz CT molecular complexity index is 937. The molecule has 1 N–H and O–H groups in total. The van der Waals surface area contributed by atoms with E-state index in [2.05, 4.69) is 42.3 Å². The lowest BCUT2D eigenvalue weighted by molar-refractivity contribution is -0.115. The van der Waals surface area contributed by atoms with Gasteiger partial charge in [-0.3, -0.25) is 9.36 Å². The molecule has 0 fully saturated rings. The van der Waals surface area contributed by atoms with Crippen LogP contribution in [0.25, 0.3) is 5.69 Å². The van der Waals surface area contributed by atoms with Gasteiger partial charge in [0.05, 0.1) is 5.25 Å². The SMILES string of the molecule is Cc1cc(C)cc(-n2ccnc2SC(C)C(=O)Nc2c(C)cccc2C)c1. The summed E-state index contributed by atoms with van der Waals surface area (Å²) >= 11 is 1.46. The lowest BCUT2D eigenvalue weighted by atomic mass is 10.1. The fourth-order valence-electron chi connectivity index (χ4n) is 3.11. The Morgan fingerprint density at radius 1 is 1.07 bits per heavy atom. The molecule has 0 radical (unpaired) electrons. The van der Waals surface area contributed by atoms with Gasteiger partial charge in [0.2, 0.25) is 5.91 Å². The van der Waals surface area contributed by atoms with E-state index in [0.29, 0.717) is 0 Å². The Kier molecular flexibility index (Phi) is 5.71. The number of anilines is 1. The van der Waals surface area contributed by atoms with Crippen LogP contribution >= 0.6 is 11.8 Å². The molecule has 140 valence electrons. The van der Waals surface area contributed by atoms with E-state index >= 15 is 0 Å². The zero-order valence-electron chi connectivity index (χ0n) is 16.4. The molecular formula is C22H25N3OS. The molecule has 4 nitrogen and oxygen atoms in total. The average Bonchev–Trinajstić information content (AvgIpc) is 3.05. The van der Waals surface area contributed by atoms with Crippen molar-refractivity contribution in [3.05, 3.63) is 71.0 Å². The summed E-state index contributed by atoms with van der Waals surface area (Å²) in [5, 5.41) is 3.61. The smallest absolute Gasteiger partial charge is 0.237 e. The molecule has 0 saturated carbocycles. The quantitative estimate of drug-likeness (QED) is 0.618. The van der Waals surface area contributed by atoms with Crippen molar-refractivity contribution in [2.24, 2.45) is 0 Å². The monoisotopic (exact) mass is 379 g/mol. The molecule has 3 aromatic rings. The third-order valence-electron chi connectivity index (χ3n) is 4.47. The molecule has 0 aliphatic carbocycles. The van der Waals surface area contributed by atoms with Crippen LogP contribution < -0.4 is 5.32 Å². The molecule has 1 heterocycles. The molecule has 1 atom stereocenters. The number of nitrogens with one attached hydrogen (secondary N) is 1. The zero-order chi connectivity index (χ0) is 19.6. The van der Waals surface area contributed by atoms with Crippen molar-refractivity contribution in [1.29, 1.82) is 0 Å². The van der Waals surface area contributed by atoms with Crippen molar-refractivity contribution >= 4 is 23.4 Å². The number of aromatic nitrogens is 2. The topological polar surface area (TPSA) is 46.9 Å². The second kappa shape index (κ2) is 8.01. The van der Waals surface area contributed by atoms with E-state index in [-0.39, 0.29) is 11.2 Å². The number of para-hydroxylation sites is 1. The summed E-state index contributed by atoms with van der Waals surface area (Å²) < 4.78 is 2.04. The van der Waals surface area contributed by atoms with Gasteiger partial charge in [-0.15, -0.1) is 0 Å². The van der Waals surface area contributed by atoms with Crippen molar-refractivity contribution in [2.75, 3.05) is 5.32 Å². The van der Waals surface area contributed by atoms with Crippen LogP contribution in [0.2, 0.25) is 0 Å². The lowest BCUT2D eigenvalue weighted by Gasteiger charge is -2.16. The van der Waals surface area contributed by atoms with Gasteiger partial charge in [0, 0.05) is 23.8 Å². The summed E-state index contributed by atoms with van der Waals surface area (Å²) in [5.41, 5.74) is 6.50. The van der Waals surface area contributed by atoms with E-state index in [9.17, 15) is 4.79 Å². The van der Waals surface area contributed by atoms with Crippen LogP contribution in [-0.2, 0) is 4.79 Å². The zero-order valence-corrected chi connectivity index (χ0v) is 17.2. The Labute approximate surface area is 165 Å². The minimum Gasteiger partial charge on any atom is -0.325 e. The van der Waals surface area contributed by atoms with Gasteiger partial charge in [0.25, 0.3) is 0 Å². The predicted octanol–water partition coefficient (Wildman–Crippen LogP) is 5.23. The minimum absolute atomic E-state index is 0.0210. The number of hydrogen-bond donors (Lipinski definition) is 1. The molecule has 0 bridgehead atoms. The van der Waals surface area contributed by atoms with Crippen molar-refractivity contribution in [3.8, 4) is 5.69 Å². The summed E-state index contributed by atoms with van der Waals surface area (Å²) in [6.07, 6.45) is 3.71. The maximum absolute atomic E-state index is 12.7. The summed E-state index contributed by atoms with van der Waals surface area (Å²) in [7, 11) is 0. The van der Waals surface area contributed by atoms with Gasteiger partial charge in [0.1, 0.15) is 0 Å². The van der Waals surface area contributed by atoms with Crippen LogP contribution in [-0.4, -0.2) is 20.7 Å². The largest absolute Gasteiger partial charge is 0.325 e. The van der Waals surface area contributed by atoms with Crippen LogP contribution in [0.4, 0.5) is 5.69 Å². The molecule has 0 aliphatic heterocycles. The molecule has 1 aromatic heterocycles. The van der Waals surface area contributed by atoms with Crippen LogP contribution in [0, 0.1) is 27.7 Å². The fraction of sp³-hybridized carbons (Fsp3) is 0.273. The van der Waals surface area contributed by atoms with Crippen LogP contribution in [0.5, 0.6) is 0 Å². The van der Waals surface area contributed by atoms with Gasteiger partial charge >= 0.3 is 0 Å². The minimum atomic E-state index is -0.268. The first kappa shape index (κ1) is 19.2. The van der Waals surface area contributed by atoms with Crippen LogP contribution in [0.1, 0.15) is 29.2 Å². The highest BCUT2D eigenvalue weighted by molar-refractivity contribution is 8.00. The fourth-order valence-corrected chi connectivity index (χ4v) is 3.99. The Hall–Kier alpha value is -2.53. The van der Waals surface area contributed by atoms with E-state index < -0.39 is 0 Å². The highest BCUT2D eigenvalue weighted by Crippen LogP contribution is 2.27. The average molecular weight is 380 g/mol. The first-order valence-corrected chi connectivity index (χ1v) is 9.89. The number of nitrogens with zero attached hydrogens (tertiary/aromatic N) is 2. The number of imidazole rings is 1. The Morgan fingerprint density at radius 3 is 2.33 bits per heavy atom. The highest BCUT2D eigenvalue weighted by Gasteiger charge is 2.19. The van der Waals surface area contributed by atoms with E-state index in [4.69, 9.17) is 0 Å². The van der Waals surface area contributed by atoms with Crippen molar-refractivity contribution in [2.45, 2.75) is 45.0 Å². The summed E-state index contributed by atoms with van der Waals surface area (Å²) in [6.45, 7) is 10.1. The third kappa shape index (κ3) is 4.42. The van der Waals surface area contributed by atoms with Crippen LogP contribution in [0.3, 0.4) is 0 Å². The number of benzene rings is 2. The maximum atomic E-state index is 12.7. The second-order valence-corrected chi connectivity index (χ2v) is 8.25. The lowest BCUT2D eigenvalue weighted by Crippen LogP contribution is -2.23. The molecule has 1 amide bonds. The van der Waals surface area contributed by atoms with Crippen molar-refractivity contribution < 1.29 is 4.79 Å². The number of rotatable bonds is 5. The molecule has 3 rings (SSSR count). The van der Waals surface area contributed by atoms with Gasteiger partial charge in [-0.1, -0.05) is 36.0 Å². The van der Waals surface area contributed by atoms with Crippen LogP contribution in [0.15, 0.2) is 53.9 Å². The Morgan fingerprint density at radius 2 is 1.70 bits per heavy atom. The number of hydrogen-bond acceptors (Lipinski definition) is 3. The number of carbonyl (C=O) groups excluding carboxylic acids is 1. The molecule has 1 unspecified atom stereocenters. The number of carbonyl (C=O) groups is 1. The number of aryl methyl sites for hydroxylation is 4. The standard InChI is InChI=1S/C22H25N3OS/c1-14-11-15(2)13-19(12-14)25-10-9-23-22(25)27-18(5)21(26)24-20-16(3)7-6-8-17(20)4/h6-13,18H,1-5H3,(H,24,26). The van der Waals surface area contributed by atoms with Crippen molar-refractivity contribution in [3.63, 3.8) is 0 Å². The number of thioether (sulfide) groups is 1. The molecule has 0 saturated heterocycles. The van der Waals surface area contributed by atoms with Gasteiger partial charge in [-0.05, 0) is 69.0 Å². The molecule has 2 aromatic carbocycles. The third-order valence-corrected chi connectivity index (χ3v) is 5.55. The summed E-state index contributed by atoms with van der Waals surface area (Å²) in [5.74, 6) is -0.0210. The summed E-state index contributed by atoms with van der Waals surface area (Å²) in [6, 6.07) is 12.4. The Balaban J connectivity index is 1.78. The van der Waals surface area contributed by atoms with Gasteiger partial charge < -0.3 is 5.32 Å². The van der Waals surface area contributed by atoms with Gasteiger partial charge in [-0.2, -0.15) is 0 Å². The first-order valence-electron chi connectivity index (χ1n) is 9.01. The second-order valence-electron chi connectivity index (χ2n) is 6.94.